The highest BCUT2D eigenvalue weighted by atomic mass is 32.2. The van der Waals surface area contributed by atoms with Crippen LogP contribution in [0.15, 0.2) is 53.4 Å². The third kappa shape index (κ3) is 4.46. The average Bonchev–Trinajstić information content (AvgIpc) is 2.63. The Labute approximate surface area is 152 Å². The molecule has 0 radical (unpaired) electrons. The van der Waals surface area contributed by atoms with Crippen LogP contribution in [-0.2, 0) is 16.6 Å². The molecule has 2 aromatic carbocycles. The molecule has 0 aromatic heterocycles. The molecule has 1 heterocycles. The lowest BCUT2D eigenvalue weighted by Crippen LogP contribution is -2.48. The first-order valence-corrected chi connectivity index (χ1v) is 9.76. The second-order valence-electron chi connectivity index (χ2n) is 6.26. The summed E-state index contributed by atoms with van der Waals surface area (Å²) in [6.45, 7) is 3.32. The smallest absolute Gasteiger partial charge is 0.253 e. The molecule has 1 fully saturated rings. The SMILES string of the molecule is NS(=O)(=O)c1ccc(C(=O)N2CCN(Cc3ccc(F)cc3)CC2)cc1. The summed E-state index contributed by atoms with van der Waals surface area (Å²) in [6.07, 6.45) is 0. The summed E-state index contributed by atoms with van der Waals surface area (Å²) in [6, 6.07) is 12.1. The van der Waals surface area contributed by atoms with Crippen LogP contribution >= 0.6 is 0 Å². The molecule has 0 bridgehead atoms. The summed E-state index contributed by atoms with van der Waals surface area (Å²) < 4.78 is 35.5. The maximum absolute atomic E-state index is 13.0. The van der Waals surface area contributed by atoms with Crippen molar-refractivity contribution in [1.82, 2.24) is 9.80 Å². The monoisotopic (exact) mass is 377 g/mol. The van der Waals surface area contributed by atoms with Gasteiger partial charge in [-0.1, -0.05) is 12.1 Å². The number of carbonyl (C=O) groups excluding carboxylic acids is 1. The molecule has 26 heavy (non-hydrogen) atoms. The van der Waals surface area contributed by atoms with E-state index in [-0.39, 0.29) is 16.6 Å². The molecular weight excluding hydrogens is 357 g/mol. The molecule has 0 saturated carbocycles. The number of carbonyl (C=O) groups is 1. The summed E-state index contributed by atoms with van der Waals surface area (Å²) in [5.74, 6) is -0.384. The Morgan fingerprint density at radius 1 is 0.962 bits per heavy atom. The van der Waals surface area contributed by atoms with Crippen molar-refractivity contribution < 1.29 is 17.6 Å². The first-order chi connectivity index (χ1) is 12.3. The molecule has 6 nitrogen and oxygen atoms in total. The van der Waals surface area contributed by atoms with Crippen LogP contribution in [0.4, 0.5) is 4.39 Å². The summed E-state index contributed by atoms with van der Waals surface area (Å²) in [4.78, 5) is 16.5. The van der Waals surface area contributed by atoms with Crippen molar-refractivity contribution in [2.45, 2.75) is 11.4 Å². The van der Waals surface area contributed by atoms with Crippen molar-refractivity contribution in [2.75, 3.05) is 26.2 Å². The predicted octanol–water partition coefficient (Wildman–Crippen LogP) is 1.43. The normalized spacial score (nSPS) is 15.8. The van der Waals surface area contributed by atoms with Crippen LogP contribution in [0.25, 0.3) is 0 Å². The zero-order valence-electron chi connectivity index (χ0n) is 14.1. The van der Waals surface area contributed by atoms with E-state index in [0.29, 0.717) is 25.2 Å². The van der Waals surface area contributed by atoms with Crippen molar-refractivity contribution in [3.05, 3.63) is 65.5 Å². The second kappa shape index (κ2) is 7.53. The number of primary sulfonamides is 1. The molecule has 0 atom stereocenters. The van der Waals surface area contributed by atoms with Crippen molar-refractivity contribution in [2.24, 2.45) is 5.14 Å². The quantitative estimate of drug-likeness (QED) is 0.874. The van der Waals surface area contributed by atoms with E-state index in [2.05, 4.69) is 4.90 Å². The highest BCUT2D eigenvalue weighted by Gasteiger charge is 2.22. The fourth-order valence-corrected chi connectivity index (χ4v) is 3.44. The molecule has 1 aliphatic heterocycles. The van der Waals surface area contributed by atoms with Gasteiger partial charge in [-0.3, -0.25) is 9.69 Å². The fourth-order valence-electron chi connectivity index (χ4n) is 2.93. The highest BCUT2D eigenvalue weighted by Crippen LogP contribution is 2.14. The van der Waals surface area contributed by atoms with E-state index in [1.807, 2.05) is 0 Å². The minimum absolute atomic E-state index is 0.0156. The number of piperazine rings is 1. The Hall–Kier alpha value is -2.29. The second-order valence-corrected chi connectivity index (χ2v) is 7.83. The Morgan fingerprint density at radius 3 is 2.08 bits per heavy atom. The van der Waals surface area contributed by atoms with Gasteiger partial charge in [-0.05, 0) is 42.0 Å². The summed E-state index contributed by atoms with van der Waals surface area (Å²) >= 11 is 0. The fraction of sp³-hybridized carbons (Fsp3) is 0.278. The van der Waals surface area contributed by atoms with E-state index >= 15 is 0 Å². The van der Waals surface area contributed by atoms with Crippen molar-refractivity contribution in [3.8, 4) is 0 Å². The summed E-state index contributed by atoms with van der Waals surface area (Å²) in [5, 5.41) is 5.06. The number of halogens is 1. The van der Waals surface area contributed by atoms with Crippen molar-refractivity contribution in [1.29, 1.82) is 0 Å². The number of benzene rings is 2. The van der Waals surface area contributed by atoms with Crippen LogP contribution in [0.2, 0.25) is 0 Å². The maximum atomic E-state index is 13.0. The predicted molar refractivity (Wildman–Crippen MR) is 95.4 cm³/mol. The Balaban J connectivity index is 1.57. The number of nitrogens with two attached hydrogens (primary N) is 1. The molecule has 3 rings (SSSR count). The Kier molecular flexibility index (Phi) is 5.36. The van der Waals surface area contributed by atoms with Crippen LogP contribution < -0.4 is 5.14 Å². The highest BCUT2D eigenvalue weighted by molar-refractivity contribution is 7.89. The molecule has 0 aliphatic carbocycles. The number of nitrogens with zero attached hydrogens (tertiary/aromatic N) is 2. The molecule has 138 valence electrons. The molecule has 1 saturated heterocycles. The number of sulfonamides is 1. The molecular formula is C18H20FN3O3S. The zero-order chi connectivity index (χ0) is 18.7. The van der Waals surface area contributed by atoms with Gasteiger partial charge in [0.05, 0.1) is 4.90 Å². The van der Waals surface area contributed by atoms with Gasteiger partial charge in [-0.25, -0.2) is 17.9 Å². The van der Waals surface area contributed by atoms with E-state index in [0.717, 1.165) is 18.7 Å². The van der Waals surface area contributed by atoms with Gasteiger partial charge in [0.1, 0.15) is 5.82 Å². The van der Waals surface area contributed by atoms with Crippen molar-refractivity contribution in [3.63, 3.8) is 0 Å². The van der Waals surface area contributed by atoms with Gasteiger partial charge in [0.15, 0.2) is 0 Å². The molecule has 0 unspecified atom stereocenters. The third-order valence-electron chi connectivity index (χ3n) is 4.41. The van der Waals surface area contributed by atoms with Gasteiger partial charge >= 0.3 is 0 Å². The minimum Gasteiger partial charge on any atom is -0.336 e. The largest absolute Gasteiger partial charge is 0.336 e. The zero-order valence-corrected chi connectivity index (χ0v) is 15.0. The average molecular weight is 377 g/mol. The van der Waals surface area contributed by atoms with Gasteiger partial charge < -0.3 is 4.90 Å². The first kappa shape index (κ1) is 18.5. The van der Waals surface area contributed by atoms with Crippen LogP contribution in [0.3, 0.4) is 0 Å². The topological polar surface area (TPSA) is 83.7 Å². The summed E-state index contributed by atoms with van der Waals surface area (Å²) in [5.41, 5.74) is 1.47. The lowest BCUT2D eigenvalue weighted by atomic mass is 10.1. The molecule has 1 amide bonds. The number of rotatable bonds is 4. The molecule has 2 N–H and O–H groups in total. The Morgan fingerprint density at radius 2 is 1.54 bits per heavy atom. The van der Waals surface area contributed by atoms with E-state index in [4.69, 9.17) is 5.14 Å². The van der Waals surface area contributed by atoms with Gasteiger partial charge in [0.25, 0.3) is 5.91 Å². The van der Waals surface area contributed by atoms with Crippen molar-refractivity contribution >= 4 is 15.9 Å². The van der Waals surface area contributed by atoms with Gasteiger partial charge in [0.2, 0.25) is 10.0 Å². The molecule has 2 aromatic rings. The van der Waals surface area contributed by atoms with E-state index in [1.165, 1.54) is 36.4 Å². The molecule has 8 heteroatoms. The number of hydrogen-bond acceptors (Lipinski definition) is 4. The van der Waals surface area contributed by atoms with Crippen LogP contribution in [0.1, 0.15) is 15.9 Å². The molecule has 1 aliphatic rings. The van der Waals surface area contributed by atoms with Gasteiger partial charge in [-0.15, -0.1) is 0 Å². The summed E-state index contributed by atoms with van der Waals surface area (Å²) in [7, 11) is -3.76. The number of amides is 1. The lowest BCUT2D eigenvalue weighted by Gasteiger charge is -2.34. The molecule has 0 spiro atoms. The van der Waals surface area contributed by atoms with Crippen LogP contribution in [-0.4, -0.2) is 50.3 Å². The number of hydrogen-bond donors (Lipinski definition) is 1. The standard InChI is InChI=1S/C18H20FN3O3S/c19-16-5-1-14(2-6-16)13-21-9-11-22(12-10-21)18(23)15-3-7-17(8-4-15)26(20,24)25/h1-8H,9-13H2,(H2,20,24,25). The lowest BCUT2D eigenvalue weighted by molar-refractivity contribution is 0.0628. The maximum Gasteiger partial charge on any atom is 0.253 e. The Bertz CT molecular complexity index is 875. The third-order valence-corrected chi connectivity index (χ3v) is 5.34. The first-order valence-electron chi connectivity index (χ1n) is 8.22. The minimum atomic E-state index is -3.76. The van der Waals surface area contributed by atoms with E-state index in [1.54, 1.807) is 17.0 Å². The van der Waals surface area contributed by atoms with Gasteiger partial charge in [-0.2, -0.15) is 0 Å². The van der Waals surface area contributed by atoms with Gasteiger partial charge in [0, 0.05) is 38.3 Å². The van der Waals surface area contributed by atoms with Crippen LogP contribution in [0.5, 0.6) is 0 Å². The van der Waals surface area contributed by atoms with E-state index in [9.17, 15) is 17.6 Å². The van der Waals surface area contributed by atoms with E-state index < -0.39 is 10.0 Å². The van der Waals surface area contributed by atoms with Crippen LogP contribution in [0, 0.1) is 5.82 Å².